The normalized spacial score (nSPS) is 7.60. The van der Waals surface area contributed by atoms with E-state index in [1.54, 1.807) is 0 Å². The molecule has 0 heterocycles. The van der Waals surface area contributed by atoms with Crippen LogP contribution in [0.3, 0.4) is 0 Å². The van der Waals surface area contributed by atoms with Crippen LogP contribution in [0.1, 0.15) is 0 Å². The standard InChI is InChI=1S/C3H6O2S.C2H6O2/c1-5-3(4)2-6;3-1-2-4/h6H,2H2,1H3;3-4H,1-2H2. The summed E-state index contributed by atoms with van der Waals surface area (Å²) >= 11 is 3.62. The average Bonchev–Trinajstić information content (AvgIpc) is 2.03. The van der Waals surface area contributed by atoms with Gasteiger partial charge in [-0.1, -0.05) is 0 Å². The molecule has 0 spiro atoms. The first kappa shape index (κ1) is 12.4. The molecule has 2 N–H and O–H groups in total. The zero-order chi connectivity index (χ0) is 8.41. The molecule has 0 aliphatic heterocycles. The zero-order valence-electron chi connectivity index (χ0n) is 5.78. The number of carbonyl (C=O) groups excluding carboxylic acids is 1. The maximum atomic E-state index is 9.88. The van der Waals surface area contributed by atoms with Gasteiger partial charge in [0.15, 0.2) is 0 Å². The van der Waals surface area contributed by atoms with Crippen LogP contribution in [-0.2, 0) is 9.53 Å². The highest BCUT2D eigenvalue weighted by Gasteiger charge is 1.88. The molecule has 0 saturated heterocycles. The van der Waals surface area contributed by atoms with Gasteiger partial charge >= 0.3 is 5.97 Å². The fourth-order valence-electron chi connectivity index (χ4n) is 0.0645. The van der Waals surface area contributed by atoms with Gasteiger partial charge in [-0.2, -0.15) is 12.6 Å². The van der Waals surface area contributed by atoms with Gasteiger partial charge in [0.05, 0.1) is 26.1 Å². The van der Waals surface area contributed by atoms with Crippen LogP contribution in [-0.4, -0.2) is 42.3 Å². The number of esters is 1. The molecular formula is C5H12O4S. The maximum absolute atomic E-state index is 9.88. The second kappa shape index (κ2) is 11.5. The fraction of sp³-hybridized carbons (Fsp3) is 0.800. The van der Waals surface area contributed by atoms with E-state index >= 15 is 0 Å². The van der Waals surface area contributed by atoms with Crippen molar-refractivity contribution in [3.05, 3.63) is 0 Å². The highest BCUT2D eigenvalue weighted by atomic mass is 32.1. The van der Waals surface area contributed by atoms with Crippen molar-refractivity contribution in [2.24, 2.45) is 0 Å². The van der Waals surface area contributed by atoms with Gasteiger partial charge in [0.1, 0.15) is 0 Å². The van der Waals surface area contributed by atoms with E-state index in [4.69, 9.17) is 10.2 Å². The van der Waals surface area contributed by atoms with Gasteiger partial charge < -0.3 is 14.9 Å². The molecule has 4 nitrogen and oxygen atoms in total. The lowest BCUT2D eigenvalue weighted by Crippen LogP contribution is -1.99. The van der Waals surface area contributed by atoms with E-state index in [1.807, 2.05) is 0 Å². The highest BCUT2D eigenvalue weighted by molar-refractivity contribution is 7.81. The minimum atomic E-state index is -0.293. The highest BCUT2D eigenvalue weighted by Crippen LogP contribution is 1.74. The van der Waals surface area contributed by atoms with E-state index in [0.29, 0.717) is 0 Å². The Balaban J connectivity index is 0. The molecule has 0 aliphatic carbocycles. The summed E-state index contributed by atoms with van der Waals surface area (Å²) in [6, 6.07) is 0. The van der Waals surface area contributed by atoms with E-state index in [2.05, 4.69) is 17.4 Å². The Morgan fingerprint density at radius 2 is 1.90 bits per heavy atom. The lowest BCUT2D eigenvalue weighted by molar-refractivity contribution is -0.137. The van der Waals surface area contributed by atoms with Crippen molar-refractivity contribution in [3.63, 3.8) is 0 Å². The second-order valence-corrected chi connectivity index (χ2v) is 1.50. The van der Waals surface area contributed by atoms with E-state index in [-0.39, 0.29) is 24.9 Å². The Kier molecular flexibility index (Phi) is 14.3. The topological polar surface area (TPSA) is 66.8 Å². The number of carbonyl (C=O) groups is 1. The first-order valence-electron chi connectivity index (χ1n) is 2.62. The van der Waals surface area contributed by atoms with Gasteiger partial charge in [0, 0.05) is 0 Å². The average molecular weight is 168 g/mol. The molecule has 0 bridgehead atoms. The molecular weight excluding hydrogens is 156 g/mol. The van der Waals surface area contributed by atoms with Crippen LogP contribution in [0.25, 0.3) is 0 Å². The summed E-state index contributed by atoms with van der Waals surface area (Å²) in [7, 11) is 1.33. The Morgan fingerprint density at radius 3 is 1.90 bits per heavy atom. The number of hydrogen-bond acceptors (Lipinski definition) is 5. The molecule has 62 valence electrons. The number of hydrogen-bond donors (Lipinski definition) is 3. The van der Waals surface area contributed by atoms with Gasteiger partial charge in [0.2, 0.25) is 0 Å². The summed E-state index contributed by atoms with van der Waals surface area (Å²) in [6.07, 6.45) is 0. The molecule has 0 radical (unpaired) electrons. The van der Waals surface area contributed by atoms with Gasteiger partial charge in [-0.3, -0.25) is 4.79 Å². The van der Waals surface area contributed by atoms with Crippen LogP contribution in [0.2, 0.25) is 0 Å². The summed E-state index contributed by atoms with van der Waals surface area (Å²) in [6.45, 7) is -0.250. The van der Waals surface area contributed by atoms with Crippen molar-refractivity contribution in [1.82, 2.24) is 0 Å². The second-order valence-electron chi connectivity index (χ2n) is 1.18. The SMILES string of the molecule is COC(=O)CS.OCCO. The van der Waals surface area contributed by atoms with Crippen LogP contribution in [0, 0.1) is 0 Å². The molecule has 10 heavy (non-hydrogen) atoms. The zero-order valence-corrected chi connectivity index (χ0v) is 6.67. The van der Waals surface area contributed by atoms with E-state index in [9.17, 15) is 4.79 Å². The van der Waals surface area contributed by atoms with Crippen molar-refractivity contribution in [2.45, 2.75) is 0 Å². The van der Waals surface area contributed by atoms with E-state index in [0.717, 1.165) is 0 Å². The molecule has 0 atom stereocenters. The number of rotatable bonds is 2. The fourth-order valence-corrected chi connectivity index (χ4v) is 0.194. The number of methoxy groups -OCH3 is 1. The minimum absolute atomic E-state index is 0.125. The Labute approximate surface area is 65.2 Å². The van der Waals surface area contributed by atoms with E-state index < -0.39 is 0 Å². The van der Waals surface area contributed by atoms with Crippen LogP contribution in [0.5, 0.6) is 0 Å². The Hall–Kier alpha value is -0.260. The van der Waals surface area contributed by atoms with Crippen molar-refractivity contribution in [1.29, 1.82) is 0 Å². The molecule has 0 saturated carbocycles. The Morgan fingerprint density at radius 1 is 1.50 bits per heavy atom. The lowest BCUT2D eigenvalue weighted by Gasteiger charge is -1.86. The van der Waals surface area contributed by atoms with Gasteiger partial charge in [-0.25, -0.2) is 0 Å². The molecule has 0 rings (SSSR count). The molecule has 0 amide bonds. The quantitative estimate of drug-likeness (QED) is 0.368. The number of ether oxygens (including phenoxy) is 1. The van der Waals surface area contributed by atoms with Crippen molar-refractivity contribution in [3.8, 4) is 0 Å². The molecule has 5 heteroatoms. The number of aliphatic hydroxyl groups is 2. The predicted octanol–water partition coefficient (Wildman–Crippen LogP) is -0.940. The van der Waals surface area contributed by atoms with Gasteiger partial charge in [-0.15, -0.1) is 0 Å². The molecule has 0 aliphatic rings. The summed E-state index contributed by atoms with van der Waals surface area (Å²) in [5.41, 5.74) is 0. The van der Waals surface area contributed by atoms with Crippen LogP contribution in [0.4, 0.5) is 0 Å². The van der Waals surface area contributed by atoms with Gasteiger partial charge in [-0.05, 0) is 0 Å². The lowest BCUT2D eigenvalue weighted by atomic mass is 10.8. The smallest absolute Gasteiger partial charge is 0.315 e. The third kappa shape index (κ3) is 15.6. The predicted molar refractivity (Wildman–Crippen MR) is 40.0 cm³/mol. The van der Waals surface area contributed by atoms with E-state index in [1.165, 1.54) is 7.11 Å². The number of thiol groups is 1. The number of aliphatic hydroxyl groups excluding tert-OH is 2. The monoisotopic (exact) mass is 168 g/mol. The van der Waals surface area contributed by atoms with Crippen LogP contribution >= 0.6 is 12.6 Å². The molecule has 0 unspecified atom stereocenters. The third-order valence-corrected chi connectivity index (χ3v) is 0.715. The summed E-state index contributed by atoms with van der Waals surface area (Å²) in [4.78, 5) is 9.88. The first-order valence-corrected chi connectivity index (χ1v) is 3.25. The largest absolute Gasteiger partial charge is 0.468 e. The summed E-state index contributed by atoms with van der Waals surface area (Å²) in [5, 5.41) is 15.2. The molecule has 0 aromatic rings. The van der Waals surface area contributed by atoms with Crippen molar-refractivity contribution >= 4 is 18.6 Å². The third-order valence-electron chi connectivity index (χ3n) is 0.457. The minimum Gasteiger partial charge on any atom is -0.468 e. The van der Waals surface area contributed by atoms with Crippen LogP contribution < -0.4 is 0 Å². The van der Waals surface area contributed by atoms with Crippen LogP contribution in [0.15, 0.2) is 0 Å². The Bertz CT molecular complexity index is 68.0. The molecule has 0 fully saturated rings. The molecule has 0 aromatic carbocycles. The summed E-state index contributed by atoms with van der Waals surface area (Å²) in [5.74, 6) is -0.130. The molecule has 0 aromatic heterocycles. The maximum Gasteiger partial charge on any atom is 0.315 e. The van der Waals surface area contributed by atoms with Crippen molar-refractivity contribution < 1.29 is 19.7 Å². The van der Waals surface area contributed by atoms with Crippen molar-refractivity contribution in [2.75, 3.05) is 26.1 Å². The first-order chi connectivity index (χ1) is 4.72. The summed E-state index contributed by atoms with van der Waals surface area (Å²) < 4.78 is 4.18. The van der Waals surface area contributed by atoms with Gasteiger partial charge in [0.25, 0.3) is 0 Å².